The lowest BCUT2D eigenvalue weighted by Crippen LogP contribution is -2.13. The predicted octanol–water partition coefficient (Wildman–Crippen LogP) is 0.763. The van der Waals surface area contributed by atoms with Gasteiger partial charge in [-0.3, -0.25) is 15.1 Å². The molecule has 76 valence electrons. The number of nitrogens with zero attached hydrogens (tertiary/aromatic N) is 2. The van der Waals surface area contributed by atoms with E-state index in [9.17, 15) is 9.90 Å². The molecular formula is C9H8N4O2. The number of H-pyrrole nitrogens is 1. The smallest absolute Gasteiger partial charge is 0.261 e. The van der Waals surface area contributed by atoms with Gasteiger partial charge >= 0.3 is 0 Å². The zero-order valence-corrected chi connectivity index (χ0v) is 7.64. The highest BCUT2D eigenvalue weighted by Gasteiger charge is 2.11. The van der Waals surface area contributed by atoms with Crippen LogP contribution in [0.1, 0.15) is 10.4 Å². The highest BCUT2D eigenvalue weighted by molar-refractivity contribution is 6.05. The van der Waals surface area contributed by atoms with Gasteiger partial charge in [0.1, 0.15) is 5.75 Å². The van der Waals surface area contributed by atoms with Crippen LogP contribution >= 0.6 is 0 Å². The number of imidazole rings is 1. The van der Waals surface area contributed by atoms with E-state index in [4.69, 9.17) is 0 Å². The molecule has 0 aliphatic carbocycles. The van der Waals surface area contributed by atoms with Gasteiger partial charge in [-0.15, -0.1) is 0 Å². The Balaban J connectivity index is 2.19. The zero-order valence-electron chi connectivity index (χ0n) is 7.64. The van der Waals surface area contributed by atoms with E-state index in [1.807, 2.05) is 0 Å². The molecule has 0 fully saturated rings. The van der Waals surface area contributed by atoms with Gasteiger partial charge in [-0.1, -0.05) is 0 Å². The Kier molecular flexibility index (Phi) is 2.32. The van der Waals surface area contributed by atoms with Gasteiger partial charge in [0.2, 0.25) is 5.95 Å². The van der Waals surface area contributed by atoms with Gasteiger partial charge in [0.05, 0.1) is 11.8 Å². The predicted molar refractivity (Wildman–Crippen MR) is 52.4 cm³/mol. The molecule has 2 aromatic rings. The zero-order chi connectivity index (χ0) is 10.7. The monoisotopic (exact) mass is 204 g/mol. The van der Waals surface area contributed by atoms with Gasteiger partial charge in [0.25, 0.3) is 5.91 Å². The minimum absolute atomic E-state index is 0.154. The number of hydrogen-bond donors (Lipinski definition) is 3. The van der Waals surface area contributed by atoms with Crippen molar-refractivity contribution in [1.82, 2.24) is 15.0 Å². The van der Waals surface area contributed by atoms with Gasteiger partial charge in [-0.25, -0.2) is 4.98 Å². The summed E-state index contributed by atoms with van der Waals surface area (Å²) in [5, 5.41) is 11.8. The molecule has 0 spiro atoms. The van der Waals surface area contributed by atoms with E-state index >= 15 is 0 Å². The number of hydrogen-bond acceptors (Lipinski definition) is 4. The van der Waals surface area contributed by atoms with Crippen molar-refractivity contribution < 1.29 is 9.90 Å². The summed E-state index contributed by atoms with van der Waals surface area (Å²) in [4.78, 5) is 21.8. The molecule has 6 heteroatoms. The molecule has 0 saturated carbocycles. The lowest BCUT2D eigenvalue weighted by atomic mass is 10.2. The van der Waals surface area contributed by atoms with Crippen LogP contribution in [-0.2, 0) is 0 Å². The van der Waals surface area contributed by atoms with Gasteiger partial charge in [-0.05, 0) is 6.07 Å². The van der Waals surface area contributed by atoms with Crippen molar-refractivity contribution in [2.75, 3.05) is 5.32 Å². The van der Waals surface area contributed by atoms with E-state index in [0.29, 0.717) is 5.95 Å². The van der Waals surface area contributed by atoms with Crippen LogP contribution < -0.4 is 5.32 Å². The van der Waals surface area contributed by atoms with Crippen LogP contribution in [0.2, 0.25) is 0 Å². The molecule has 0 aliphatic heterocycles. The molecule has 0 aliphatic rings. The first kappa shape index (κ1) is 9.20. The quantitative estimate of drug-likeness (QED) is 0.673. The normalized spacial score (nSPS) is 9.87. The number of nitrogens with one attached hydrogen (secondary N) is 2. The number of aromatic hydroxyl groups is 1. The van der Waals surface area contributed by atoms with Crippen molar-refractivity contribution in [1.29, 1.82) is 0 Å². The number of carbonyl (C=O) groups excluding carboxylic acids is 1. The standard InChI is InChI=1S/C9H8N4O2/c14-7-5-10-2-1-6(7)8(15)13-9-11-3-4-12-9/h1-5,14H,(H2,11,12,13,15). The molecule has 3 N–H and O–H groups in total. The summed E-state index contributed by atoms with van der Waals surface area (Å²) < 4.78 is 0. The number of anilines is 1. The summed E-state index contributed by atoms with van der Waals surface area (Å²) in [6.45, 7) is 0. The fraction of sp³-hybridized carbons (Fsp3) is 0. The Bertz CT molecular complexity index is 467. The van der Waals surface area contributed by atoms with Crippen LogP contribution in [0.4, 0.5) is 5.95 Å². The topological polar surface area (TPSA) is 90.9 Å². The molecule has 0 bridgehead atoms. The maximum absolute atomic E-state index is 11.6. The summed E-state index contributed by atoms with van der Waals surface area (Å²) in [5.74, 6) is -0.275. The third kappa shape index (κ3) is 1.93. The van der Waals surface area contributed by atoms with E-state index in [0.717, 1.165) is 0 Å². The van der Waals surface area contributed by atoms with Crippen molar-refractivity contribution in [3.63, 3.8) is 0 Å². The molecular weight excluding hydrogens is 196 g/mol. The fourth-order valence-corrected chi connectivity index (χ4v) is 1.09. The van der Waals surface area contributed by atoms with Crippen LogP contribution in [0.5, 0.6) is 5.75 Å². The molecule has 1 amide bonds. The molecule has 0 saturated heterocycles. The van der Waals surface area contributed by atoms with Crippen molar-refractivity contribution in [3.8, 4) is 5.75 Å². The van der Waals surface area contributed by atoms with Crippen molar-refractivity contribution in [2.45, 2.75) is 0 Å². The third-order valence-corrected chi connectivity index (χ3v) is 1.77. The fourth-order valence-electron chi connectivity index (χ4n) is 1.09. The Morgan fingerprint density at radius 3 is 3.00 bits per heavy atom. The second kappa shape index (κ2) is 3.79. The lowest BCUT2D eigenvalue weighted by molar-refractivity contribution is 0.102. The number of aromatic amines is 1. The van der Waals surface area contributed by atoms with Crippen molar-refractivity contribution >= 4 is 11.9 Å². The maximum atomic E-state index is 11.6. The second-order valence-corrected chi connectivity index (χ2v) is 2.78. The van der Waals surface area contributed by atoms with Crippen LogP contribution in [0.15, 0.2) is 30.9 Å². The molecule has 0 aromatic carbocycles. The Morgan fingerprint density at radius 1 is 1.47 bits per heavy atom. The van der Waals surface area contributed by atoms with E-state index in [2.05, 4.69) is 20.3 Å². The molecule has 15 heavy (non-hydrogen) atoms. The summed E-state index contributed by atoms with van der Waals surface area (Å²) in [6.07, 6.45) is 5.73. The molecule has 2 aromatic heterocycles. The van der Waals surface area contributed by atoms with Crippen LogP contribution in [0.3, 0.4) is 0 Å². The number of rotatable bonds is 2. The first-order chi connectivity index (χ1) is 7.27. The Labute approximate surface area is 85.0 Å². The van der Waals surface area contributed by atoms with Gasteiger partial charge in [0.15, 0.2) is 0 Å². The molecule has 0 radical (unpaired) electrons. The average molecular weight is 204 g/mol. The largest absolute Gasteiger partial charge is 0.505 e. The summed E-state index contributed by atoms with van der Waals surface area (Å²) in [6, 6.07) is 1.42. The minimum Gasteiger partial charge on any atom is -0.505 e. The molecule has 6 nitrogen and oxygen atoms in total. The highest BCUT2D eigenvalue weighted by Crippen LogP contribution is 2.14. The molecule has 0 unspecified atom stereocenters. The lowest BCUT2D eigenvalue weighted by Gasteiger charge is -2.02. The van der Waals surface area contributed by atoms with Crippen molar-refractivity contribution in [3.05, 3.63) is 36.4 Å². The van der Waals surface area contributed by atoms with Gasteiger partial charge in [0, 0.05) is 18.6 Å². The van der Waals surface area contributed by atoms with E-state index in [-0.39, 0.29) is 11.3 Å². The number of aromatic nitrogens is 3. The second-order valence-electron chi connectivity index (χ2n) is 2.78. The molecule has 2 rings (SSSR count). The molecule has 0 atom stereocenters. The first-order valence-electron chi connectivity index (χ1n) is 4.21. The van der Waals surface area contributed by atoms with E-state index in [1.54, 1.807) is 6.20 Å². The number of amides is 1. The average Bonchev–Trinajstić information content (AvgIpc) is 2.71. The number of pyridine rings is 1. The highest BCUT2D eigenvalue weighted by atomic mass is 16.3. The van der Waals surface area contributed by atoms with Gasteiger partial charge in [-0.2, -0.15) is 0 Å². The van der Waals surface area contributed by atoms with Crippen LogP contribution in [0.25, 0.3) is 0 Å². The van der Waals surface area contributed by atoms with Crippen LogP contribution in [-0.4, -0.2) is 26.0 Å². The summed E-state index contributed by atoms with van der Waals surface area (Å²) >= 11 is 0. The minimum atomic E-state index is -0.440. The van der Waals surface area contributed by atoms with E-state index in [1.165, 1.54) is 24.7 Å². The maximum Gasteiger partial charge on any atom is 0.261 e. The Morgan fingerprint density at radius 2 is 2.33 bits per heavy atom. The first-order valence-corrected chi connectivity index (χ1v) is 4.21. The summed E-state index contributed by atoms with van der Waals surface area (Å²) in [7, 11) is 0. The third-order valence-electron chi connectivity index (χ3n) is 1.77. The van der Waals surface area contributed by atoms with Crippen LogP contribution in [0, 0.1) is 0 Å². The van der Waals surface area contributed by atoms with Crippen molar-refractivity contribution in [2.24, 2.45) is 0 Å². The SMILES string of the molecule is O=C(Nc1ncc[nH]1)c1ccncc1O. The molecule has 2 heterocycles. The summed E-state index contributed by atoms with van der Waals surface area (Å²) in [5.41, 5.74) is 0.154. The van der Waals surface area contributed by atoms with Gasteiger partial charge < -0.3 is 10.1 Å². The van der Waals surface area contributed by atoms with E-state index < -0.39 is 5.91 Å². The Hall–Kier alpha value is -2.37. The number of carbonyl (C=O) groups is 1.